The van der Waals surface area contributed by atoms with Crippen LogP contribution in [-0.4, -0.2) is 209 Å². The fourth-order valence-electron chi connectivity index (χ4n) is 13.3. The molecule has 0 bridgehead atoms. The number of hydrogen-bond acceptors (Lipinski definition) is 22. The highest BCUT2D eigenvalue weighted by Gasteiger charge is 2.25. The second kappa shape index (κ2) is 38.2. The quantitative estimate of drug-likeness (QED) is 0.0490. The van der Waals surface area contributed by atoms with Crippen LogP contribution in [0.1, 0.15) is 58.2 Å². The number of carbonyl (C=O) groups is 3. The number of carbonyl (C=O) groups excluding carboxylic acids is 5. The van der Waals surface area contributed by atoms with Gasteiger partial charge in [-0.1, -0.05) is 36.3 Å². The van der Waals surface area contributed by atoms with Crippen LogP contribution in [0, 0.1) is 19.7 Å². The third-order valence-corrected chi connectivity index (χ3v) is 18.9. The van der Waals surface area contributed by atoms with Crippen molar-refractivity contribution in [1.82, 2.24) is 63.7 Å². The van der Waals surface area contributed by atoms with E-state index in [9.17, 15) is 18.8 Å². The fraction of sp³-hybridized carbons (Fsp3) is 0.337. The van der Waals surface area contributed by atoms with E-state index in [0.29, 0.717) is 92.8 Å². The summed E-state index contributed by atoms with van der Waals surface area (Å²) in [6.45, 7) is 17.0. The number of anilines is 7. The second-order valence-electron chi connectivity index (χ2n) is 28.5. The van der Waals surface area contributed by atoms with Gasteiger partial charge in [-0.25, -0.2) is 37.7 Å². The highest BCUT2D eigenvalue weighted by Crippen LogP contribution is 2.32. The van der Waals surface area contributed by atoms with Crippen LogP contribution in [0.2, 0.25) is 0 Å². The molecule has 15 rings (SSSR count). The van der Waals surface area contributed by atoms with Crippen LogP contribution in [0.3, 0.4) is 0 Å². The zero-order chi connectivity index (χ0) is 79.5. The number of halogens is 1. The lowest BCUT2D eigenvalue weighted by Crippen LogP contribution is -2.37. The number of ether oxygens (including phenoxy) is 3. The molecule has 4 N–H and O–H groups in total. The van der Waals surface area contributed by atoms with Gasteiger partial charge in [0.1, 0.15) is 28.1 Å². The molecule has 0 saturated carbocycles. The molecule has 4 amide bonds. The third kappa shape index (κ3) is 21.7. The van der Waals surface area contributed by atoms with E-state index in [4.69, 9.17) is 58.6 Å². The number of benzene rings is 5. The molecular formula is C83H95FN20O9. The lowest BCUT2D eigenvalue weighted by molar-refractivity contribution is -0.191. The lowest BCUT2D eigenvalue weighted by atomic mass is 10.1. The van der Waals surface area contributed by atoms with Crippen molar-refractivity contribution in [1.29, 1.82) is 0 Å². The first-order valence-electron chi connectivity index (χ1n) is 37.6. The molecule has 0 aliphatic carbocycles. The Morgan fingerprint density at radius 2 is 0.796 bits per heavy atom. The molecule has 3 aliphatic heterocycles. The van der Waals surface area contributed by atoms with Crippen molar-refractivity contribution >= 4 is 80.8 Å². The molecule has 3 fully saturated rings. The van der Waals surface area contributed by atoms with E-state index in [2.05, 4.69) is 128 Å². The first-order chi connectivity index (χ1) is 54.7. The number of morpholine rings is 3. The van der Waals surface area contributed by atoms with Gasteiger partial charge in [-0.05, 0) is 212 Å². The Morgan fingerprint density at radius 3 is 1.13 bits per heavy atom. The van der Waals surface area contributed by atoms with Gasteiger partial charge in [0.2, 0.25) is 11.8 Å². The summed E-state index contributed by atoms with van der Waals surface area (Å²) in [7, 11) is 12.3. The van der Waals surface area contributed by atoms with Crippen LogP contribution in [0.25, 0.3) is 50.7 Å². The molecule has 0 unspecified atom stereocenters. The second-order valence-corrected chi connectivity index (χ2v) is 28.5. The molecule has 0 spiro atoms. The molecule has 588 valence electrons. The number of rotatable bonds is 22. The molecular weight excluding hydrogens is 1440 g/mol. The molecule has 3 saturated heterocycles. The number of amides is 4. The molecule has 12 aromatic rings. The van der Waals surface area contributed by atoms with E-state index in [0.717, 1.165) is 139 Å². The topological polar surface area (TPSA) is 297 Å². The maximum Gasteiger partial charge on any atom is 0.373 e. The average Bonchev–Trinajstić information content (AvgIpc) is 1.68. The minimum absolute atomic E-state index is 0.0925. The standard InChI is InChI=1S/C28H31FN6O2.C28H33N7O2.C26H31N7O3.CO2/c1-33(2)18-21-17-25-28(34-13-15-37-16-14-34)31-27(32-35(25)19-21)22-6-10-24(11-7-22)30-26(36)12-5-20-3-8-23(29)9-4-20;1-4-20-5-9-23(10-6-20)29-28(36)30-24-11-7-22(8-12-24)26-31-27(34-13-15-37-16-14-34)25-17-21(18-33(2)3)19-35(25)32-26;1-17-22(18(2)36-30-17)14-24(34)27-21-7-5-20(6-8-21)25-28-26(32-9-11-35-12-10-32)23-13-19(15-31(3)4)16-33(23)29-25;2-1-3/h3-4,6-11,17,19H,5,12-16,18H2,1-2H3,(H,30,36);5-12,17,19H,4,13-16,18H2,1-3H3,(H2,29,30,36);5-8,13,16H,9-12,14-15H2,1-4H3,(H,27,34);. The van der Waals surface area contributed by atoms with Gasteiger partial charge < -0.3 is 69.4 Å². The van der Waals surface area contributed by atoms with Gasteiger partial charge >= 0.3 is 12.2 Å². The molecule has 10 heterocycles. The number of nitrogens with zero attached hydrogens (tertiary/aromatic N) is 16. The first kappa shape index (κ1) is 80.4. The van der Waals surface area contributed by atoms with Gasteiger partial charge in [0.15, 0.2) is 34.9 Å². The van der Waals surface area contributed by atoms with E-state index >= 15 is 0 Å². The Kier molecular flexibility index (Phi) is 27.2. The number of aryl methyl sites for hydroxylation is 4. The number of nitrogens with one attached hydrogen (secondary N) is 4. The summed E-state index contributed by atoms with van der Waals surface area (Å²) in [5, 5.41) is 30.0. The molecule has 113 heavy (non-hydrogen) atoms. The van der Waals surface area contributed by atoms with Gasteiger partial charge in [0.05, 0.1) is 51.8 Å². The molecule has 3 aliphatic rings. The van der Waals surface area contributed by atoms with Crippen LogP contribution in [0.15, 0.2) is 163 Å². The Labute approximate surface area is 654 Å². The molecule has 0 radical (unpaired) electrons. The lowest BCUT2D eigenvalue weighted by Gasteiger charge is -2.28. The summed E-state index contributed by atoms with van der Waals surface area (Å²) in [5.74, 6) is 4.78. The number of urea groups is 1. The van der Waals surface area contributed by atoms with E-state index in [1.54, 1.807) is 12.1 Å². The summed E-state index contributed by atoms with van der Waals surface area (Å²) >= 11 is 0. The summed E-state index contributed by atoms with van der Waals surface area (Å²) in [5.41, 5.74) is 15.7. The van der Waals surface area contributed by atoms with Crippen molar-refractivity contribution in [2.24, 2.45) is 0 Å². The highest BCUT2D eigenvalue weighted by molar-refractivity contribution is 6.00. The van der Waals surface area contributed by atoms with Gasteiger partial charge in [0.25, 0.3) is 0 Å². The normalized spacial score (nSPS) is 13.6. The Morgan fingerprint density at radius 1 is 0.460 bits per heavy atom. The summed E-state index contributed by atoms with van der Waals surface area (Å²) in [6.07, 6.45) is 8.49. The van der Waals surface area contributed by atoms with Crippen molar-refractivity contribution in [3.05, 3.63) is 209 Å². The van der Waals surface area contributed by atoms with E-state index in [1.165, 1.54) is 34.4 Å². The largest absolute Gasteiger partial charge is 0.378 e. The zero-order valence-corrected chi connectivity index (χ0v) is 65.2. The van der Waals surface area contributed by atoms with Crippen LogP contribution in [0.5, 0.6) is 0 Å². The van der Waals surface area contributed by atoms with Crippen molar-refractivity contribution < 1.29 is 47.1 Å². The van der Waals surface area contributed by atoms with E-state index in [1.807, 2.05) is 139 Å². The summed E-state index contributed by atoms with van der Waals surface area (Å²) in [4.78, 5) is 81.8. The van der Waals surface area contributed by atoms with E-state index in [-0.39, 0.29) is 36.2 Å². The summed E-state index contributed by atoms with van der Waals surface area (Å²) < 4.78 is 40.7. The SMILES string of the molecule is CCc1ccc(NC(=O)Nc2ccc(-c3nc(N4CCOCC4)c4cc(CN(C)C)cn4n3)cc2)cc1.CN(C)Cc1cc2c(N3CCOCC3)nc(-c3ccc(NC(=O)CCc4ccc(F)cc4)cc3)nn2c1.Cc1noc(C)c1CC(=O)Nc1ccc(-c2nc(N3CCOCC3)c3cc(CN(C)C)cn3n2)cc1.O=C=O. The van der Waals surface area contributed by atoms with Crippen LogP contribution in [0.4, 0.5) is 49.4 Å². The molecule has 5 aromatic carbocycles. The minimum Gasteiger partial charge on any atom is -0.378 e. The van der Waals surface area contributed by atoms with Gasteiger partial charge in [-0.3, -0.25) is 9.59 Å². The maximum absolute atomic E-state index is 13.1. The first-order valence-corrected chi connectivity index (χ1v) is 37.6. The van der Waals surface area contributed by atoms with Crippen molar-refractivity contribution in [3.8, 4) is 34.2 Å². The Balaban J connectivity index is 0.000000154. The van der Waals surface area contributed by atoms with Gasteiger partial charge in [-0.15, -0.1) is 15.3 Å². The van der Waals surface area contributed by atoms with Crippen LogP contribution < -0.4 is 36.0 Å². The van der Waals surface area contributed by atoms with Crippen LogP contribution in [-0.2, 0) is 72.3 Å². The number of hydrogen-bond donors (Lipinski definition) is 4. The molecule has 0 atom stereocenters. The van der Waals surface area contributed by atoms with Crippen molar-refractivity contribution in [2.75, 3.05) is 157 Å². The van der Waals surface area contributed by atoms with Crippen molar-refractivity contribution in [2.45, 2.75) is 66.1 Å². The highest BCUT2D eigenvalue weighted by atomic mass is 19.1. The van der Waals surface area contributed by atoms with Gasteiger partial charge in [0, 0.05) is 129 Å². The molecule has 30 heteroatoms. The minimum atomic E-state index is -0.287. The smallest absolute Gasteiger partial charge is 0.373 e. The number of aromatic nitrogens is 10. The fourth-order valence-corrected chi connectivity index (χ4v) is 13.3. The third-order valence-electron chi connectivity index (χ3n) is 18.9. The summed E-state index contributed by atoms with van der Waals surface area (Å²) in [6, 6.07) is 43.0. The van der Waals surface area contributed by atoms with E-state index < -0.39 is 0 Å². The van der Waals surface area contributed by atoms with Gasteiger partial charge in [-0.2, -0.15) is 9.59 Å². The Bertz CT molecular complexity index is 5200. The monoisotopic (exact) mass is 1530 g/mol. The van der Waals surface area contributed by atoms with Crippen molar-refractivity contribution in [3.63, 3.8) is 0 Å². The van der Waals surface area contributed by atoms with Crippen LogP contribution >= 0.6 is 0 Å². The maximum atomic E-state index is 13.1. The average molecular weight is 1540 g/mol. The Hall–Kier alpha value is -12.2. The molecule has 29 nitrogen and oxygen atoms in total. The number of fused-ring (bicyclic) bond motifs is 3. The zero-order valence-electron chi connectivity index (χ0n) is 65.2. The predicted molar refractivity (Wildman–Crippen MR) is 432 cm³/mol. The predicted octanol–water partition coefficient (Wildman–Crippen LogP) is 11.0. The molecule has 7 aromatic heterocycles.